The summed E-state index contributed by atoms with van der Waals surface area (Å²) >= 11 is 5.95. The molecule has 114 valence electrons. The van der Waals surface area contributed by atoms with E-state index in [-0.39, 0.29) is 10.6 Å². The number of methoxy groups -OCH3 is 1. The Hall–Kier alpha value is -2.05. The summed E-state index contributed by atoms with van der Waals surface area (Å²) < 4.78 is 32.5. The first-order chi connectivity index (χ1) is 10.4. The third-order valence-electron chi connectivity index (χ3n) is 3.32. The molecule has 1 aromatic heterocycles. The third kappa shape index (κ3) is 2.24. The van der Waals surface area contributed by atoms with E-state index in [0.717, 1.165) is 0 Å². The number of para-hydroxylation sites is 2. The van der Waals surface area contributed by atoms with Gasteiger partial charge in [0.25, 0.3) is 10.0 Å². The maximum absolute atomic E-state index is 13.0. The molecule has 22 heavy (non-hydrogen) atoms. The lowest BCUT2D eigenvalue weighted by Crippen LogP contribution is -2.15. The number of fused-ring (bicyclic) bond motifs is 1. The van der Waals surface area contributed by atoms with Gasteiger partial charge in [0.15, 0.2) is 0 Å². The van der Waals surface area contributed by atoms with Crippen LogP contribution in [0, 0.1) is 6.92 Å². The average molecular weight is 337 g/mol. The number of hydrogen-bond donors (Lipinski definition) is 0. The van der Waals surface area contributed by atoms with E-state index in [2.05, 4.69) is 4.98 Å². The van der Waals surface area contributed by atoms with E-state index >= 15 is 0 Å². The number of benzene rings is 2. The SMILES string of the molecule is COc1ccc(Cl)cc1S(=O)(=O)n1c(C)nc2ccccc21. The molecule has 0 saturated heterocycles. The van der Waals surface area contributed by atoms with Crippen LogP contribution >= 0.6 is 11.6 Å². The van der Waals surface area contributed by atoms with Gasteiger partial charge in [-0.25, -0.2) is 17.4 Å². The Morgan fingerprint density at radius 2 is 1.91 bits per heavy atom. The monoisotopic (exact) mass is 336 g/mol. The Kier molecular flexibility index (Phi) is 3.58. The molecule has 0 atom stereocenters. The zero-order valence-electron chi connectivity index (χ0n) is 11.9. The van der Waals surface area contributed by atoms with Crippen molar-refractivity contribution in [3.63, 3.8) is 0 Å². The number of nitrogens with zero attached hydrogens (tertiary/aromatic N) is 2. The Labute approximate surface area is 133 Å². The number of hydrogen-bond acceptors (Lipinski definition) is 4. The minimum Gasteiger partial charge on any atom is -0.495 e. The van der Waals surface area contributed by atoms with E-state index in [1.165, 1.54) is 23.2 Å². The minimum atomic E-state index is -3.87. The zero-order chi connectivity index (χ0) is 15.9. The van der Waals surface area contributed by atoms with Gasteiger partial charge in [0.2, 0.25) is 0 Å². The highest BCUT2D eigenvalue weighted by atomic mass is 35.5. The molecule has 7 heteroatoms. The topological polar surface area (TPSA) is 61.2 Å². The van der Waals surface area contributed by atoms with Crippen LogP contribution in [-0.2, 0) is 10.0 Å². The molecule has 0 aliphatic heterocycles. The van der Waals surface area contributed by atoms with Crippen LogP contribution in [0.5, 0.6) is 5.75 Å². The summed E-state index contributed by atoms with van der Waals surface area (Å²) in [5, 5.41) is 0.321. The lowest BCUT2D eigenvalue weighted by molar-refractivity contribution is 0.402. The summed E-state index contributed by atoms with van der Waals surface area (Å²) in [4.78, 5) is 4.30. The van der Waals surface area contributed by atoms with E-state index < -0.39 is 10.0 Å². The van der Waals surface area contributed by atoms with Crippen LogP contribution < -0.4 is 4.74 Å². The maximum atomic E-state index is 13.0. The molecule has 0 bridgehead atoms. The molecule has 0 fully saturated rings. The van der Waals surface area contributed by atoms with Crippen LogP contribution in [0.1, 0.15) is 5.82 Å². The van der Waals surface area contributed by atoms with Crippen LogP contribution in [0.15, 0.2) is 47.4 Å². The minimum absolute atomic E-state index is 0.00810. The highest BCUT2D eigenvalue weighted by molar-refractivity contribution is 7.90. The van der Waals surface area contributed by atoms with Crippen molar-refractivity contribution in [1.82, 2.24) is 8.96 Å². The average Bonchev–Trinajstić information content (AvgIpc) is 2.83. The van der Waals surface area contributed by atoms with Crippen LogP contribution in [0.25, 0.3) is 11.0 Å². The van der Waals surface area contributed by atoms with E-state index in [9.17, 15) is 8.42 Å². The number of imidazole rings is 1. The molecule has 3 aromatic rings. The van der Waals surface area contributed by atoms with Crippen molar-refractivity contribution in [2.45, 2.75) is 11.8 Å². The number of rotatable bonds is 3. The van der Waals surface area contributed by atoms with Gasteiger partial charge in [0, 0.05) is 5.02 Å². The lowest BCUT2D eigenvalue weighted by Gasteiger charge is -2.12. The molecule has 1 heterocycles. The summed E-state index contributed by atoms with van der Waals surface area (Å²) in [6.45, 7) is 1.65. The highest BCUT2D eigenvalue weighted by Gasteiger charge is 2.26. The fourth-order valence-corrected chi connectivity index (χ4v) is 4.30. The van der Waals surface area contributed by atoms with Gasteiger partial charge in [-0.1, -0.05) is 23.7 Å². The lowest BCUT2D eigenvalue weighted by atomic mass is 10.3. The first-order valence-corrected chi connectivity index (χ1v) is 8.30. The molecule has 0 amide bonds. The molecule has 0 unspecified atom stereocenters. The van der Waals surface area contributed by atoms with E-state index in [4.69, 9.17) is 16.3 Å². The highest BCUT2D eigenvalue weighted by Crippen LogP contribution is 2.31. The van der Waals surface area contributed by atoms with Crippen LogP contribution in [-0.4, -0.2) is 24.5 Å². The number of halogens is 1. The van der Waals surface area contributed by atoms with Crippen molar-refractivity contribution in [3.8, 4) is 5.75 Å². The smallest absolute Gasteiger partial charge is 0.273 e. The second-order valence-corrected chi connectivity index (χ2v) is 6.90. The normalized spacial score (nSPS) is 11.8. The molecule has 0 N–H and O–H groups in total. The summed E-state index contributed by atoms with van der Waals surface area (Å²) in [5.41, 5.74) is 1.13. The van der Waals surface area contributed by atoms with Gasteiger partial charge in [-0.2, -0.15) is 0 Å². The van der Waals surface area contributed by atoms with Crippen molar-refractivity contribution < 1.29 is 13.2 Å². The van der Waals surface area contributed by atoms with Gasteiger partial charge in [-0.15, -0.1) is 0 Å². The Bertz CT molecular complexity index is 964. The van der Waals surface area contributed by atoms with Crippen LogP contribution in [0.4, 0.5) is 0 Å². The Morgan fingerprint density at radius 3 is 2.64 bits per heavy atom. The molecule has 2 aromatic carbocycles. The quantitative estimate of drug-likeness (QED) is 0.736. The van der Waals surface area contributed by atoms with Gasteiger partial charge in [0.05, 0.1) is 18.1 Å². The first-order valence-electron chi connectivity index (χ1n) is 6.48. The van der Waals surface area contributed by atoms with Gasteiger partial charge in [0.1, 0.15) is 16.5 Å². The fourth-order valence-electron chi connectivity index (χ4n) is 2.38. The molecule has 0 spiro atoms. The molecule has 0 aliphatic carbocycles. The Morgan fingerprint density at radius 1 is 1.18 bits per heavy atom. The standard InChI is InChI=1S/C15H13ClN2O3S/c1-10-17-12-5-3-4-6-13(12)18(10)22(19,20)15-9-11(16)7-8-14(15)21-2/h3-9H,1-2H3. The molecular weight excluding hydrogens is 324 g/mol. The number of aryl methyl sites for hydroxylation is 1. The van der Waals surface area contributed by atoms with Crippen molar-refractivity contribution in [3.05, 3.63) is 53.3 Å². The van der Waals surface area contributed by atoms with Crippen molar-refractivity contribution in [1.29, 1.82) is 0 Å². The van der Waals surface area contributed by atoms with Gasteiger partial charge in [-0.05, 0) is 37.3 Å². The van der Waals surface area contributed by atoms with Gasteiger partial charge >= 0.3 is 0 Å². The Balaban J connectivity index is 2.34. The predicted octanol–water partition coefficient (Wildman–Crippen LogP) is 3.24. The number of ether oxygens (including phenoxy) is 1. The van der Waals surface area contributed by atoms with Gasteiger partial charge < -0.3 is 4.74 Å². The summed E-state index contributed by atoms with van der Waals surface area (Å²) in [7, 11) is -2.46. The van der Waals surface area contributed by atoms with Crippen molar-refractivity contribution in [2.75, 3.05) is 7.11 Å². The van der Waals surface area contributed by atoms with Crippen LogP contribution in [0.2, 0.25) is 5.02 Å². The molecule has 0 radical (unpaired) electrons. The molecule has 5 nitrogen and oxygen atoms in total. The summed E-state index contributed by atoms with van der Waals surface area (Å²) in [5.74, 6) is 0.616. The maximum Gasteiger partial charge on any atom is 0.273 e. The summed E-state index contributed by atoms with van der Waals surface area (Å²) in [6.07, 6.45) is 0. The van der Waals surface area contributed by atoms with Crippen LogP contribution in [0.3, 0.4) is 0 Å². The van der Waals surface area contributed by atoms with Gasteiger partial charge in [-0.3, -0.25) is 0 Å². The van der Waals surface area contributed by atoms with Crippen molar-refractivity contribution >= 4 is 32.7 Å². The second-order valence-electron chi connectivity index (χ2n) is 4.71. The molecule has 3 rings (SSSR count). The molecular formula is C15H13ClN2O3S. The predicted molar refractivity (Wildman–Crippen MR) is 85.1 cm³/mol. The molecule has 0 saturated carbocycles. The third-order valence-corrected chi connectivity index (χ3v) is 5.37. The van der Waals surface area contributed by atoms with E-state index in [1.54, 1.807) is 31.2 Å². The van der Waals surface area contributed by atoms with Crippen molar-refractivity contribution in [2.24, 2.45) is 0 Å². The number of aromatic nitrogens is 2. The van der Waals surface area contributed by atoms with E-state index in [1.807, 2.05) is 6.07 Å². The molecule has 0 aliphatic rings. The fraction of sp³-hybridized carbons (Fsp3) is 0.133. The second kappa shape index (κ2) is 5.30. The largest absolute Gasteiger partial charge is 0.495 e. The first kappa shape index (κ1) is 14.9. The zero-order valence-corrected chi connectivity index (χ0v) is 13.5. The summed E-state index contributed by atoms with van der Waals surface area (Å²) in [6, 6.07) is 11.6. The van der Waals surface area contributed by atoms with E-state index in [0.29, 0.717) is 21.9 Å².